The Hall–Kier alpha value is -3.54. The van der Waals surface area contributed by atoms with Crippen molar-refractivity contribution in [2.75, 3.05) is 23.1 Å². The van der Waals surface area contributed by atoms with Crippen LogP contribution in [0.1, 0.15) is 12.5 Å². The molecular weight excluding hydrogens is 438 g/mol. The maximum Gasteiger partial charge on any atom is 0.0988 e. The molecule has 1 saturated heterocycles. The molecule has 0 aliphatic carbocycles. The molecule has 168 valence electrons. The van der Waals surface area contributed by atoms with E-state index in [0.717, 1.165) is 35.8 Å². The van der Waals surface area contributed by atoms with Gasteiger partial charge in [0.15, 0.2) is 0 Å². The summed E-state index contributed by atoms with van der Waals surface area (Å²) in [4.78, 5) is 4.95. The number of fused-ring (bicyclic) bond motifs is 2. The van der Waals surface area contributed by atoms with Gasteiger partial charge in [-0.15, -0.1) is 0 Å². The minimum Gasteiger partial charge on any atom is -0.371 e. The average molecular weight is 464 g/mol. The lowest BCUT2D eigenvalue weighted by molar-refractivity contribution is 0.411. The molecular formula is C29H25N3OS. The summed E-state index contributed by atoms with van der Waals surface area (Å²) in [7, 11) is 0. The lowest BCUT2D eigenvalue weighted by atomic mass is 10.1. The van der Waals surface area contributed by atoms with Gasteiger partial charge in [0, 0.05) is 9.79 Å². The predicted octanol–water partition coefficient (Wildman–Crippen LogP) is 7.25. The number of hydrogen-bond acceptors (Lipinski definition) is 5. The highest BCUT2D eigenvalue weighted by molar-refractivity contribution is 7.99. The molecule has 2 heterocycles. The van der Waals surface area contributed by atoms with Gasteiger partial charge < -0.3 is 9.64 Å². The molecule has 5 heteroatoms. The second-order valence-electron chi connectivity index (χ2n) is 8.49. The van der Waals surface area contributed by atoms with Gasteiger partial charge in [-0.05, 0) is 61.0 Å². The van der Waals surface area contributed by atoms with Crippen molar-refractivity contribution in [2.45, 2.75) is 22.8 Å². The van der Waals surface area contributed by atoms with Crippen molar-refractivity contribution < 1.29 is 4.74 Å². The second-order valence-corrected chi connectivity index (χ2v) is 9.57. The number of hydrogen-bond donors (Lipinski definition) is 0. The lowest BCUT2D eigenvalue weighted by Crippen LogP contribution is -2.25. The van der Waals surface area contributed by atoms with Gasteiger partial charge in [-0.25, -0.2) is 5.01 Å². The van der Waals surface area contributed by atoms with Crippen molar-refractivity contribution in [3.8, 4) is 0 Å². The number of ether oxygens (including phenoxy) is 1. The molecule has 0 saturated carbocycles. The van der Waals surface area contributed by atoms with Gasteiger partial charge in [0.1, 0.15) is 0 Å². The SMILES string of the molecule is CC(=NN(c1ccccc1)c1ccccc1)c1ccc2c(c1)N(CC1CO1)c1ccccc1S2. The number of rotatable bonds is 6. The van der Waals surface area contributed by atoms with Crippen molar-refractivity contribution in [3.63, 3.8) is 0 Å². The number of epoxide rings is 1. The Morgan fingerprint density at radius 1 is 0.853 bits per heavy atom. The highest BCUT2D eigenvalue weighted by Crippen LogP contribution is 2.48. The molecule has 0 spiro atoms. The maximum atomic E-state index is 5.59. The van der Waals surface area contributed by atoms with Crippen LogP contribution in [0.15, 0.2) is 118 Å². The molecule has 4 aromatic carbocycles. The Labute approximate surface area is 204 Å². The van der Waals surface area contributed by atoms with Gasteiger partial charge in [0.05, 0.1) is 47.7 Å². The zero-order valence-corrected chi connectivity index (χ0v) is 19.8. The lowest BCUT2D eigenvalue weighted by Gasteiger charge is -2.32. The standard InChI is InChI=1S/C29H25N3OS/c1-21(30-32(23-10-4-2-5-11-23)24-12-6-3-7-13-24)22-16-17-29-27(18-22)31(19-25-20-33-25)26-14-8-9-15-28(26)34-29/h2-18,25H,19-20H2,1H3. The summed E-state index contributed by atoms with van der Waals surface area (Å²) in [6, 6.07) is 35.9. The van der Waals surface area contributed by atoms with Gasteiger partial charge in [-0.1, -0.05) is 66.4 Å². The van der Waals surface area contributed by atoms with Crippen molar-refractivity contribution >= 4 is 40.2 Å². The molecule has 4 nitrogen and oxygen atoms in total. The molecule has 2 aliphatic heterocycles. The molecule has 1 unspecified atom stereocenters. The van der Waals surface area contributed by atoms with E-state index in [9.17, 15) is 0 Å². The van der Waals surface area contributed by atoms with Crippen LogP contribution in [0.3, 0.4) is 0 Å². The van der Waals surface area contributed by atoms with E-state index < -0.39 is 0 Å². The van der Waals surface area contributed by atoms with E-state index in [2.05, 4.69) is 78.6 Å². The van der Waals surface area contributed by atoms with Crippen LogP contribution in [0.25, 0.3) is 0 Å². The first kappa shape index (κ1) is 21.0. The van der Waals surface area contributed by atoms with Crippen LogP contribution in [0.2, 0.25) is 0 Å². The van der Waals surface area contributed by atoms with Gasteiger partial charge in [-0.3, -0.25) is 0 Å². The first-order valence-electron chi connectivity index (χ1n) is 11.5. The fraction of sp³-hybridized carbons (Fsp3) is 0.138. The van der Waals surface area contributed by atoms with Crippen LogP contribution in [-0.2, 0) is 4.74 Å². The topological polar surface area (TPSA) is 31.4 Å². The Morgan fingerprint density at radius 2 is 1.47 bits per heavy atom. The Kier molecular flexibility index (Phi) is 5.57. The molecule has 0 bridgehead atoms. The van der Waals surface area contributed by atoms with Crippen molar-refractivity contribution in [1.82, 2.24) is 0 Å². The molecule has 0 radical (unpaired) electrons. The highest BCUT2D eigenvalue weighted by Gasteiger charge is 2.31. The molecule has 0 N–H and O–H groups in total. The van der Waals surface area contributed by atoms with Crippen LogP contribution in [-0.4, -0.2) is 25.0 Å². The van der Waals surface area contributed by atoms with E-state index in [0.29, 0.717) is 6.10 Å². The Morgan fingerprint density at radius 3 is 2.15 bits per heavy atom. The first-order valence-corrected chi connectivity index (χ1v) is 12.3. The summed E-state index contributed by atoms with van der Waals surface area (Å²) in [5, 5.41) is 7.09. The Bertz CT molecular complexity index is 1300. The van der Waals surface area contributed by atoms with Crippen LogP contribution < -0.4 is 9.91 Å². The molecule has 0 amide bonds. The normalized spacial score (nSPS) is 16.6. The predicted molar refractivity (Wildman–Crippen MR) is 141 cm³/mol. The fourth-order valence-electron chi connectivity index (χ4n) is 4.24. The summed E-state index contributed by atoms with van der Waals surface area (Å²) in [6.07, 6.45) is 0.300. The number of para-hydroxylation sites is 3. The maximum absolute atomic E-state index is 5.59. The van der Waals surface area contributed by atoms with E-state index in [1.165, 1.54) is 21.2 Å². The smallest absolute Gasteiger partial charge is 0.0988 e. The van der Waals surface area contributed by atoms with Crippen molar-refractivity contribution in [1.29, 1.82) is 0 Å². The third-order valence-corrected chi connectivity index (χ3v) is 7.21. The molecule has 0 aromatic heterocycles. The number of hydrazone groups is 1. The third-order valence-electron chi connectivity index (χ3n) is 6.08. The minimum absolute atomic E-state index is 0.300. The van der Waals surface area contributed by atoms with Crippen LogP contribution in [0.5, 0.6) is 0 Å². The van der Waals surface area contributed by atoms with Crippen LogP contribution in [0.4, 0.5) is 22.7 Å². The van der Waals surface area contributed by atoms with Gasteiger partial charge in [0.25, 0.3) is 0 Å². The second kappa shape index (κ2) is 9.01. The van der Waals surface area contributed by atoms with Crippen molar-refractivity contribution in [3.05, 3.63) is 109 Å². The quantitative estimate of drug-likeness (QED) is 0.171. The van der Waals surface area contributed by atoms with E-state index in [4.69, 9.17) is 9.84 Å². The molecule has 6 rings (SSSR count). The van der Waals surface area contributed by atoms with E-state index >= 15 is 0 Å². The summed E-state index contributed by atoms with van der Waals surface area (Å²) in [5.41, 5.74) is 6.60. The zero-order valence-electron chi connectivity index (χ0n) is 19.0. The summed E-state index contributed by atoms with van der Waals surface area (Å²) in [5.74, 6) is 0. The van der Waals surface area contributed by atoms with E-state index in [1.54, 1.807) is 0 Å². The van der Waals surface area contributed by atoms with Gasteiger partial charge in [0.2, 0.25) is 0 Å². The van der Waals surface area contributed by atoms with Crippen molar-refractivity contribution in [2.24, 2.45) is 5.10 Å². The van der Waals surface area contributed by atoms with E-state index in [-0.39, 0.29) is 0 Å². The highest BCUT2D eigenvalue weighted by atomic mass is 32.2. The molecule has 34 heavy (non-hydrogen) atoms. The molecule has 4 aromatic rings. The summed E-state index contributed by atoms with van der Waals surface area (Å²) < 4.78 is 5.59. The van der Waals surface area contributed by atoms with Gasteiger partial charge >= 0.3 is 0 Å². The van der Waals surface area contributed by atoms with Crippen LogP contribution >= 0.6 is 11.8 Å². The minimum atomic E-state index is 0.300. The summed E-state index contributed by atoms with van der Waals surface area (Å²) >= 11 is 1.83. The monoisotopic (exact) mass is 463 g/mol. The third kappa shape index (κ3) is 4.20. The molecule has 2 aliphatic rings. The van der Waals surface area contributed by atoms with Crippen LogP contribution in [0, 0.1) is 0 Å². The van der Waals surface area contributed by atoms with E-state index in [1.807, 2.05) is 53.2 Å². The number of anilines is 4. The molecule has 1 atom stereocenters. The Balaban J connectivity index is 1.39. The first-order chi connectivity index (χ1) is 16.8. The number of nitrogens with zero attached hydrogens (tertiary/aromatic N) is 3. The fourth-order valence-corrected chi connectivity index (χ4v) is 5.31. The summed E-state index contributed by atoms with van der Waals surface area (Å²) in [6.45, 7) is 3.79. The zero-order chi connectivity index (χ0) is 22.9. The van der Waals surface area contributed by atoms with Gasteiger partial charge in [-0.2, -0.15) is 5.10 Å². The largest absolute Gasteiger partial charge is 0.371 e. The molecule has 1 fully saturated rings. The number of benzene rings is 4. The average Bonchev–Trinajstić information content (AvgIpc) is 3.72.